The molecule has 0 radical (unpaired) electrons. The number of hydrogen-bond donors (Lipinski definition) is 7. The van der Waals surface area contributed by atoms with E-state index in [2.05, 4.69) is 4.52 Å². The van der Waals surface area contributed by atoms with Crippen molar-refractivity contribution in [2.24, 2.45) is 0 Å². The minimum Gasteiger partial charge on any atom is -0.756 e. The third-order valence-electron chi connectivity index (χ3n) is 2.33. The van der Waals surface area contributed by atoms with Crippen LogP contribution in [0.5, 0.6) is 0 Å². The smallest absolute Gasteiger partial charge is 0.265 e. The summed E-state index contributed by atoms with van der Waals surface area (Å²) in [6, 6.07) is 0. The van der Waals surface area contributed by atoms with Crippen molar-refractivity contribution in [3.8, 4) is 0 Å². The zero-order chi connectivity index (χ0) is 12.7. The molecule has 5 atom stereocenters. The molecule has 1 saturated carbocycles. The Kier molecular flexibility index (Phi) is 5.63. The molecule has 0 aromatic carbocycles. The van der Waals surface area contributed by atoms with Gasteiger partial charge in [0.1, 0.15) is 36.6 Å². The van der Waals surface area contributed by atoms with Crippen molar-refractivity contribution < 1.29 is 44.4 Å². The van der Waals surface area contributed by atoms with Crippen molar-refractivity contribution in [3.63, 3.8) is 0 Å². The summed E-state index contributed by atoms with van der Waals surface area (Å²) >= 11 is 0. The van der Waals surface area contributed by atoms with Crippen LogP contribution >= 0.6 is 7.82 Å². The molecule has 0 saturated heterocycles. The number of quaternary nitrogens is 1. The van der Waals surface area contributed by atoms with E-state index in [9.17, 15) is 29.9 Å². The molecule has 1 fully saturated rings. The fourth-order valence-electron chi connectivity index (χ4n) is 1.48. The van der Waals surface area contributed by atoms with Gasteiger partial charge in [0.25, 0.3) is 7.82 Å². The van der Waals surface area contributed by atoms with E-state index in [-0.39, 0.29) is 6.15 Å². The maximum atomic E-state index is 10.4. The molecule has 0 spiro atoms. The van der Waals surface area contributed by atoms with Crippen molar-refractivity contribution in [1.29, 1.82) is 0 Å². The first-order chi connectivity index (χ1) is 7.15. The Bertz CT molecular complexity index is 279. The molecule has 1 aliphatic rings. The number of aliphatic hydroxyl groups is 5. The molecular formula is C6H16NO9P. The van der Waals surface area contributed by atoms with E-state index in [1.807, 2.05) is 0 Å². The Morgan fingerprint density at radius 1 is 0.882 bits per heavy atom. The van der Waals surface area contributed by atoms with Crippen LogP contribution in [-0.4, -0.2) is 67.0 Å². The number of phosphoric ester groups is 1. The summed E-state index contributed by atoms with van der Waals surface area (Å²) in [5.41, 5.74) is 0. The average molecular weight is 277 g/mol. The van der Waals surface area contributed by atoms with E-state index >= 15 is 0 Å². The van der Waals surface area contributed by atoms with E-state index in [4.69, 9.17) is 10.00 Å². The van der Waals surface area contributed by atoms with Crippen LogP contribution < -0.4 is 11.0 Å². The third kappa shape index (κ3) is 3.66. The fraction of sp³-hybridized carbons (Fsp3) is 1.00. The first-order valence-electron chi connectivity index (χ1n) is 4.27. The summed E-state index contributed by atoms with van der Waals surface area (Å²) in [4.78, 5) is 18.8. The molecule has 1 aliphatic carbocycles. The molecule has 104 valence electrons. The predicted molar refractivity (Wildman–Crippen MR) is 50.7 cm³/mol. The van der Waals surface area contributed by atoms with Crippen molar-refractivity contribution in [2.75, 3.05) is 0 Å². The van der Waals surface area contributed by atoms with Gasteiger partial charge in [-0.1, -0.05) is 0 Å². The van der Waals surface area contributed by atoms with Gasteiger partial charge in [-0.15, -0.1) is 0 Å². The second kappa shape index (κ2) is 5.67. The standard InChI is InChI=1S/C6H13O9P.H3N/c7-1-2(8)4(10)6(5(11)3(1)9)15-16(12,13)14;/h1-11H,(H2,12,13,14);1H3. The fourth-order valence-corrected chi connectivity index (χ4v) is 2.03. The molecule has 11 heteroatoms. The SMILES string of the molecule is O=P([O-])(O)OC1C(O)C(O)C(O)C(O)C1O.[NH4+]. The van der Waals surface area contributed by atoms with E-state index in [0.29, 0.717) is 0 Å². The zero-order valence-electron chi connectivity index (χ0n) is 8.82. The number of aliphatic hydroxyl groups excluding tert-OH is 5. The number of phosphoric acid groups is 1. The van der Waals surface area contributed by atoms with Gasteiger partial charge in [-0.2, -0.15) is 0 Å². The maximum absolute atomic E-state index is 10.4. The van der Waals surface area contributed by atoms with Crippen LogP contribution in [-0.2, 0) is 9.09 Å². The third-order valence-corrected chi connectivity index (χ3v) is 2.84. The quantitative estimate of drug-likeness (QED) is 0.245. The first-order valence-corrected chi connectivity index (χ1v) is 5.77. The van der Waals surface area contributed by atoms with E-state index in [0.717, 1.165) is 0 Å². The van der Waals surface area contributed by atoms with Gasteiger partial charge in [-0.3, -0.25) is 4.57 Å². The van der Waals surface area contributed by atoms with Gasteiger partial charge in [0.2, 0.25) is 0 Å². The van der Waals surface area contributed by atoms with Gasteiger partial charge in [0, 0.05) is 0 Å². The summed E-state index contributed by atoms with van der Waals surface area (Å²) < 4.78 is 14.3. The van der Waals surface area contributed by atoms with Crippen molar-refractivity contribution in [1.82, 2.24) is 6.15 Å². The first kappa shape index (κ1) is 16.9. The summed E-state index contributed by atoms with van der Waals surface area (Å²) in [7, 11) is -5.26. The van der Waals surface area contributed by atoms with Gasteiger partial charge < -0.3 is 46.0 Å². The minimum absolute atomic E-state index is 0. The molecule has 0 heterocycles. The van der Waals surface area contributed by atoms with E-state index < -0.39 is 44.4 Å². The van der Waals surface area contributed by atoms with Crippen LogP contribution in [0.3, 0.4) is 0 Å². The summed E-state index contributed by atoms with van der Waals surface area (Å²) in [5, 5.41) is 46.0. The lowest BCUT2D eigenvalue weighted by Gasteiger charge is -2.42. The monoisotopic (exact) mass is 277 g/mol. The van der Waals surface area contributed by atoms with Crippen LogP contribution in [0.25, 0.3) is 0 Å². The second-order valence-corrected chi connectivity index (χ2v) is 4.64. The summed E-state index contributed by atoms with van der Waals surface area (Å²) in [6.45, 7) is 0. The summed E-state index contributed by atoms with van der Waals surface area (Å²) in [5.74, 6) is 0. The van der Waals surface area contributed by atoms with Crippen LogP contribution in [0.4, 0.5) is 0 Å². The number of rotatable bonds is 2. The lowest BCUT2D eigenvalue weighted by Crippen LogP contribution is -2.64. The molecular weight excluding hydrogens is 261 g/mol. The van der Waals surface area contributed by atoms with Crippen molar-refractivity contribution in [2.45, 2.75) is 36.6 Å². The Morgan fingerprint density at radius 2 is 1.18 bits per heavy atom. The van der Waals surface area contributed by atoms with E-state index in [1.54, 1.807) is 0 Å². The van der Waals surface area contributed by atoms with Crippen LogP contribution in [0.15, 0.2) is 0 Å². The molecule has 10 nitrogen and oxygen atoms in total. The van der Waals surface area contributed by atoms with Gasteiger partial charge in [0.05, 0.1) is 0 Å². The van der Waals surface area contributed by atoms with Gasteiger partial charge >= 0.3 is 0 Å². The molecule has 10 N–H and O–H groups in total. The number of hydrogen-bond acceptors (Lipinski definition) is 8. The molecule has 0 bridgehead atoms. The normalized spacial score (nSPS) is 45.8. The Labute approximate surface area is 95.9 Å². The highest BCUT2D eigenvalue weighted by Crippen LogP contribution is 2.37. The van der Waals surface area contributed by atoms with Crippen LogP contribution in [0.2, 0.25) is 0 Å². The molecule has 0 amide bonds. The highest BCUT2D eigenvalue weighted by molar-refractivity contribution is 7.44. The van der Waals surface area contributed by atoms with Crippen molar-refractivity contribution >= 4 is 7.82 Å². The molecule has 0 aliphatic heterocycles. The highest BCUT2D eigenvalue weighted by atomic mass is 31.2. The van der Waals surface area contributed by atoms with E-state index in [1.165, 1.54) is 0 Å². The zero-order valence-corrected chi connectivity index (χ0v) is 9.71. The van der Waals surface area contributed by atoms with Crippen molar-refractivity contribution in [3.05, 3.63) is 0 Å². The Morgan fingerprint density at radius 3 is 1.47 bits per heavy atom. The lowest BCUT2D eigenvalue weighted by atomic mass is 9.85. The molecule has 0 aromatic rings. The van der Waals surface area contributed by atoms with Gasteiger partial charge in [0.15, 0.2) is 0 Å². The Hall–Kier alpha value is -0.130. The minimum atomic E-state index is -5.26. The average Bonchev–Trinajstić information content (AvgIpc) is 2.17. The molecule has 1 rings (SSSR count). The maximum Gasteiger partial charge on any atom is 0.265 e. The van der Waals surface area contributed by atoms with Crippen LogP contribution in [0.1, 0.15) is 0 Å². The molecule has 17 heavy (non-hydrogen) atoms. The van der Waals surface area contributed by atoms with Gasteiger partial charge in [-0.05, 0) is 0 Å². The summed E-state index contributed by atoms with van der Waals surface area (Å²) in [6.07, 6.45) is -11.6. The van der Waals surface area contributed by atoms with Crippen LogP contribution in [0, 0.1) is 0 Å². The molecule has 5 unspecified atom stereocenters. The van der Waals surface area contributed by atoms with Gasteiger partial charge in [-0.25, -0.2) is 0 Å². The second-order valence-electron chi connectivity index (χ2n) is 3.49. The highest BCUT2D eigenvalue weighted by Gasteiger charge is 2.49. The predicted octanol–water partition coefficient (Wildman–Crippen LogP) is -3.97. The lowest BCUT2D eigenvalue weighted by molar-refractivity contribution is -0.257. The topological polar surface area (TPSA) is 207 Å². The molecule has 0 aromatic heterocycles. The Balaban J connectivity index is 0.00000256. The largest absolute Gasteiger partial charge is 0.756 e.